The van der Waals surface area contributed by atoms with E-state index in [1.54, 1.807) is 7.11 Å². The van der Waals surface area contributed by atoms with Gasteiger partial charge in [0.2, 0.25) is 0 Å². The van der Waals surface area contributed by atoms with Crippen LogP contribution in [0.25, 0.3) is 0 Å². The number of hydrogen-bond donors (Lipinski definition) is 1. The molecular weight excluding hydrogens is 226 g/mol. The third-order valence-corrected chi connectivity index (χ3v) is 2.85. The molecule has 0 heterocycles. The van der Waals surface area contributed by atoms with Crippen LogP contribution in [0.2, 0.25) is 0 Å². The molecule has 0 spiro atoms. The standard InChI is InChI=1S/C14H25N3O/c1-16(2)10-8-15-9-11-17(3)13-6-5-7-14(12-13)18-4/h5-7,12,15H,8-11H2,1-4H3. The van der Waals surface area contributed by atoms with Crippen molar-refractivity contribution in [3.8, 4) is 5.75 Å². The molecule has 1 aromatic rings. The molecular formula is C14H25N3O. The van der Waals surface area contributed by atoms with Gasteiger partial charge in [-0.3, -0.25) is 0 Å². The minimum Gasteiger partial charge on any atom is -0.497 e. The third kappa shape index (κ3) is 5.38. The first-order chi connectivity index (χ1) is 8.63. The molecule has 0 atom stereocenters. The third-order valence-electron chi connectivity index (χ3n) is 2.85. The van der Waals surface area contributed by atoms with Crippen LogP contribution >= 0.6 is 0 Å². The average molecular weight is 251 g/mol. The normalized spacial score (nSPS) is 10.7. The van der Waals surface area contributed by atoms with Gasteiger partial charge in [0.05, 0.1) is 7.11 Å². The first kappa shape index (κ1) is 14.8. The molecule has 0 saturated heterocycles. The van der Waals surface area contributed by atoms with Crippen molar-refractivity contribution in [1.82, 2.24) is 10.2 Å². The van der Waals surface area contributed by atoms with E-state index in [-0.39, 0.29) is 0 Å². The maximum absolute atomic E-state index is 5.23. The van der Waals surface area contributed by atoms with E-state index in [1.165, 1.54) is 5.69 Å². The van der Waals surface area contributed by atoms with E-state index in [0.717, 1.165) is 31.9 Å². The average Bonchev–Trinajstić information content (AvgIpc) is 2.37. The highest BCUT2D eigenvalue weighted by molar-refractivity contribution is 5.50. The van der Waals surface area contributed by atoms with Crippen molar-refractivity contribution in [2.75, 3.05) is 59.3 Å². The van der Waals surface area contributed by atoms with Crippen molar-refractivity contribution in [2.24, 2.45) is 0 Å². The molecule has 0 aliphatic heterocycles. The van der Waals surface area contributed by atoms with Crippen molar-refractivity contribution < 1.29 is 4.74 Å². The summed E-state index contributed by atoms with van der Waals surface area (Å²) in [5, 5.41) is 3.43. The Kier molecular flexibility index (Phi) is 6.54. The quantitative estimate of drug-likeness (QED) is 0.705. The maximum Gasteiger partial charge on any atom is 0.120 e. The SMILES string of the molecule is COc1cccc(N(C)CCNCCN(C)C)c1. The van der Waals surface area contributed by atoms with Gasteiger partial charge in [0, 0.05) is 45.0 Å². The van der Waals surface area contributed by atoms with Gasteiger partial charge in [0.1, 0.15) is 5.75 Å². The van der Waals surface area contributed by atoms with Crippen LogP contribution in [0.3, 0.4) is 0 Å². The number of likely N-dealkylation sites (N-methyl/N-ethyl adjacent to an activating group) is 2. The van der Waals surface area contributed by atoms with Gasteiger partial charge in [0.25, 0.3) is 0 Å². The zero-order chi connectivity index (χ0) is 13.4. The summed E-state index contributed by atoms with van der Waals surface area (Å²) in [5.41, 5.74) is 1.18. The molecule has 0 amide bonds. The molecule has 1 rings (SSSR count). The Bertz CT molecular complexity index is 342. The number of anilines is 1. The summed E-state index contributed by atoms with van der Waals surface area (Å²) in [6.07, 6.45) is 0. The second-order valence-electron chi connectivity index (χ2n) is 4.68. The van der Waals surface area contributed by atoms with Crippen molar-refractivity contribution in [2.45, 2.75) is 0 Å². The van der Waals surface area contributed by atoms with Crippen LogP contribution in [-0.2, 0) is 0 Å². The highest BCUT2D eigenvalue weighted by Gasteiger charge is 2.01. The Balaban J connectivity index is 2.29. The van der Waals surface area contributed by atoms with Crippen LogP contribution in [0.5, 0.6) is 5.75 Å². The molecule has 0 saturated carbocycles. The zero-order valence-electron chi connectivity index (χ0n) is 11.9. The van der Waals surface area contributed by atoms with Crippen molar-refractivity contribution in [3.63, 3.8) is 0 Å². The summed E-state index contributed by atoms with van der Waals surface area (Å²) in [7, 11) is 7.97. The summed E-state index contributed by atoms with van der Waals surface area (Å²) >= 11 is 0. The first-order valence-electron chi connectivity index (χ1n) is 6.34. The lowest BCUT2D eigenvalue weighted by Gasteiger charge is -2.20. The van der Waals surface area contributed by atoms with Crippen molar-refractivity contribution >= 4 is 5.69 Å². The molecule has 0 bridgehead atoms. The highest BCUT2D eigenvalue weighted by Crippen LogP contribution is 2.19. The molecule has 0 aliphatic rings. The topological polar surface area (TPSA) is 27.7 Å². The van der Waals surface area contributed by atoms with E-state index in [2.05, 4.69) is 48.4 Å². The Morgan fingerprint density at radius 1 is 1.11 bits per heavy atom. The summed E-state index contributed by atoms with van der Waals surface area (Å²) in [6, 6.07) is 8.14. The lowest BCUT2D eigenvalue weighted by Crippen LogP contribution is -2.33. The number of rotatable bonds is 8. The van der Waals surface area contributed by atoms with E-state index in [0.29, 0.717) is 0 Å². The fourth-order valence-electron chi connectivity index (χ4n) is 1.65. The van der Waals surface area contributed by atoms with Crippen molar-refractivity contribution in [1.29, 1.82) is 0 Å². The van der Waals surface area contributed by atoms with Gasteiger partial charge in [-0.1, -0.05) is 6.07 Å². The van der Waals surface area contributed by atoms with Crippen LogP contribution in [0.4, 0.5) is 5.69 Å². The highest BCUT2D eigenvalue weighted by atomic mass is 16.5. The fraction of sp³-hybridized carbons (Fsp3) is 0.571. The van der Waals surface area contributed by atoms with Gasteiger partial charge in [-0.25, -0.2) is 0 Å². The van der Waals surface area contributed by atoms with E-state index >= 15 is 0 Å². The second kappa shape index (κ2) is 7.95. The number of benzene rings is 1. The molecule has 1 aromatic carbocycles. The van der Waals surface area contributed by atoms with Gasteiger partial charge in [-0.05, 0) is 26.2 Å². The largest absolute Gasteiger partial charge is 0.497 e. The molecule has 102 valence electrons. The van der Waals surface area contributed by atoms with Crippen LogP contribution < -0.4 is 15.0 Å². The Hall–Kier alpha value is -1.26. The molecule has 4 heteroatoms. The molecule has 0 aromatic heterocycles. The second-order valence-corrected chi connectivity index (χ2v) is 4.68. The van der Waals surface area contributed by atoms with Gasteiger partial charge < -0.3 is 19.9 Å². The van der Waals surface area contributed by atoms with Gasteiger partial charge in [-0.2, -0.15) is 0 Å². The lowest BCUT2D eigenvalue weighted by atomic mass is 10.3. The molecule has 18 heavy (non-hydrogen) atoms. The number of nitrogens with zero attached hydrogens (tertiary/aromatic N) is 2. The van der Waals surface area contributed by atoms with Crippen LogP contribution in [0.15, 0.2) is 24.3 Å². The predicted molar refractivity (Wildman–Crippen MR) is 77.7 cm³/mol. The van der Waals surface area contributed by atoms with E-state index in [9.17, 15) is 0 Å². The minimum absolute atomic E-state index is 0.903. The lowest BCUT2D eigenvalue weighted by molar-refractivity contribution is 0.401. The smallest absolute Gasteiger partial charge is 0.120 e. The van der Waals surface area contributed by atoms with Crippen LogP contribution in [0, 0.1) is 0 Å². The summed E-state index contributed by atoms with van der Waals surface area (Å²) < 4.78 is 5.23. The molecule has 0 radical (unpaired) electrons. The van der Waals surface area contributed by atoms with E-state index in [1.807, 2.05) is 12.1 Å². The number of hydrogen-bond acceptors (Lipinski definition) is 4. The molecule has 1 N–H and O–H groups in total. The van der Waals surface area contributed by atoms with Gasteiger partial charge in [-0.15, -0.1) is 0 Å². The van der Waals surface area contributed by atoms with Crippen LogP contribution in [-0.4, -0.2) is 59.3 Å². The fourth-order valence-corrected chi connectivity index (χ4v) is 1.65. The number of methoxy groups -OCH3 is 1. The molecule has 0 aliphatic carbocycles. The first-order valence-corrected chi connectivity index (χ1v) is 6.34. The summed E-state index contributed by atoms with van der Waals surface area (Å²) in [4.78, 5) is 4.41. The molecule has 0 unspecified atom stereocenters. The van der Waals surface area contributed by atoms with Gasteiger partial charge in [0.15, 0.2) is 0 Å². The van der Waals surface area contributed by atoms with E-state index < -0.39 is 0 Å². The Labute approximate surface area is 111 Å². The van der Waals surface area contributed by atoms with E-state index in [4.69, 9.17) is 4.74 Å². The zero-order valence-corrected chi connectivity index (χ0v) is 11.9. The van der Waals surface area contributed by atoms with Crippen LogP contribution in [0.1, 0.15) is 0 Å². The maximum atomic E-state index is 5.23. The predicted octanol–water partition coefficient (Wildman–Crippen LogP) is 1.28. The minimum atomic E-state index is 0.903. The number of nitrogens with one attached hydrogen (secondary N) is 1. The van der Waals surface area contributed by atoms with Gasteiger partial charge >= 0.3 is 0 Å². The summed E-state index contributed by atoms with van der Waals surface area (Å²) in [6.45, 7) is 4.07. The monoisotopic (exact) mass is 251 g/mol. The number of ether oxygens (including phenoxy) is 1. The van der Waals surface area contributed by atoms with Crippen molar-refractivity contribution in [3.05, 3.63) is 24.3 Å². The molecule has 0 fully saturated rings. The Morgan fingerprint density at radius 3 is 2.50 bits per heavy atom. The summed E-state index contributed by atoms with van der Waals surface area (Å²) in [5.74, 6) is 0.903. The Morgan fingerprint density at radius 2 is 1.83 bits per heavy atom. The molecule has 4 nitrogen and oxygen atoms in total.